The van der Waals surface area contributed by atoms with E-state index in [1.165, 1.54) is 29.4 Å². The SMILES string of the molecule is COc1c(-c2cc3c(s2)C(N)CCC3)ccc2c(=O)c(C(=O)O)cn(-c3ccc(F)cc3F)c12.Cl. The number of pyridine rings is 1. The van der Waals surface area contributed by atoms with Crippen LogP contribution in [0.2, 0.25) is 0 Å². The first kappa shape index (κ1) is 24.8. The van der Waals surface area contributed by atoms with Gasteiger partial charge in [-0.15, -0.1) is 23.7 Å². The summed E-state index contributed by atoms with van der Waals surface area (Å²) < 4.78 is 35.4. The van der Waals surface area contributed by atoms with Crippen molar-refractivity contribution < 1.29 is 23.4 Å². The molecule has 0 saturated carbocycles. The van der Waals surface area contributed by atoms with E-state index in [0.29, 0.717) is 11.6 Å². The smallest absolute Gasteiger partial charge is 0.341 e. The Balaban J connectivity index is 0.00000289. The third-order valence-corrected chi connectivity index (χ3v) is 7.47. The number of thiophene rings is 1. The molecule has 6 nitrogen and oxygen atoms in total. The average molecular weight is 519 g/mol. The molecular weight excluding hydrogens is 498 g/mol. The van der Waals surface area contributed by atoms with Gasteiger partial charge in [-0.2, -0.15) is 0 Å². The van der Waals surface area contributed by atoms with Crippen molar-refractivity contribution in [2.24, 2.45) is 5.73 Å². The molecule has 1 atom stereocenters. The van der Waals surface area contributed by atoms with E-state index in [-0.39, 0.29) is 40.8 Å². The number of methoxy groups -OCH3 is 1. The quantitative estimate of drug-likeness (QED) is 0.374. The van der Waals surface area contributed by atoms with E-state index in [4.69, 9.17) is 10.5 Å². The second-order valence-corrected chi connectivity index (χ2v) is 9.27. The summed E-state index contributed by atoms with van der Waals surface area (Å²) >= 11 is 1.54. The number of nitrogens with zero attached hydrogens (tertiary/aromatic N) is 1. The van der Waals surface area contributed by atoms with Crippen LogP contribution in [-0.4, -0.2) is 22.8 Å². The molecule has 1 unspecified atom stereocenters. The molecule has 0 spiro atoms. The Labute approximate surface area is 209 Å². The summed E-state index contributed by atoms with van der Waals surface area (Å²) in [6.45, 7) is 0. The molecule has 10 heteroatoms. The Morgan fingerprint density at radius 3 is 2.66 bits per heavy atom. The van der Waals surface area contributed by atoms with Gasteiger partial charge in [-0.3, -0.25) is 4.79 Å². The lowest BCUT2D eigenvalue weighted by Crippen LogP contribution is -2.19. The van der Waals surface area contributed by atoms with Crippen LogP contribution in [0, 0.1) is 11.6 Å². The number of fused-ring (bicyclic) bond motifs is 2. The van der Waals surface area contributed by atoms with E-state index in [1.807, 2.05) is 0 Å². The van der Waals surface area contributed by atoms with Crippen LogP contribution in [-0.2, 0) is 6.42 Å². The number of halogens is 3. The Kier molecular flexibility index (Phi) is 6.68. The van der Waals surface area contributed by atoms with Crippen LogP contribution in [0.15, 0.2) is 47.4 Å². The van der Waals surface area contributed by atoms with Crippen LogP contribution < -0.4 is 15.9 Å². The summed E-state index contributed by atoms with van der Waals surface area (Å²) in [5.74, 6) is -2.86. The molecule has 1 aliphatic carbocycles. The maximum Gasteiger partial charge on any atom is 0.341 e. The van der Waals surface area contributed by atoms with E-state index in [1.54, 1.807) is 17.4 Å². The number of carbonyl (C=O) groups is 1. The van der Waals surface area contributed by atoms with Gasteiger partial charge >= 0.3 is 5.97 Å². The number of carboxylic acid groups (broad SMARTS) is 1. The summed E-state index contributed by atoms with van der Waals surface area (Å²) in [6.07, 6.45) is 3.87. The number of hydrogen-bond acceptors (Lipinski definition) is 5. The van der Waals surface area contributed by atoms with Gasteiger partial charge in [-0.05, 0) is 55.2 Å². The number of nitrogens with two attached hydrogens (primary N) is 1. The topological polar surface area (TPSA) is 94.6 Å². The van der Waals surface area contributed by atoms with E-state index in [0.717, 1.165) is 41.3 Å². The van der Waals surface area contributed by atoms with E-state index in [2.05, 4.69) is 6.07 Å². The lowest BCUT2D eigenvalue weighted by atomic mass is 9.95. The summed E-state index contributed by atoms with van der Waals surface area (Å²) in [5.41, 5.74) is 6.95. The number of aromatic nitrogens is 1. The molecule has 0 saturated heterocycles. The van der Waals surface area contributed by atoms with Gasteiger partial charge in [0, 0.05) is 33.6 Å². The fourth-order valence-corrected chi connectivity index (χ4v) is 5.81. The third kappa shape index (κ3) is 4.09. The summed E-state index contributed by atoms with van der Waals surface area (Å²) in [7, 11) is 1.43. The van der Waals surface area contributed by atoms with Crippen LogP contribution in [0.5, 0.6) is 5.75 Å². The fraction of sp³-hybridized carbons (Fsp3) is 0.200. The van der Waals surface area contributed by atoms with Crippen molar-refractivity contribution in [2.45, 2.75) is 25.3 Å². The maximum atomic E-state index is 14.8. The third-order valence-electron chi connectivity index (χ3n) is 6.13. The molecule has 2 aromatic carbocycles. The van der Waals surface area contributed by atoms with Crippen molar-refractivity contribution in [1.29, 1.82) is 0 Å². The maximum absolute atomic E-state index is 14.8. The molecule has 0 bridgehead atoms. The Hall–Kier alpha value is -3.27. The number of hydrogen-bond donors (Lipinski definition) is 2. The minimum Gasteiger partial charge on any atom is -0.494 e. The first-order valence-electron chi connectivity index (χ1n) is 10.6. The molecule has 2 heterocycles. The van der Waals surface area contributed by atoms with E-state index < -0.39 is 28.6 Å². The molecule has 5 rings (SSSR count). The lowest BCUT2D eigenvalue weighted by Gasteiger charge is -2.18. The van der Waals surface area contributed by atoms with Gasteiger partial charge in [-0.25, -0.2) is 13.6 Å². The molecule has 182 valence electrons. The standard InChI is InChI=1S/C25H20F2N2O4S.ClH/c1-33-23-14(20-9-12-3-2-4-18(28)24(12)34-20)6-7-15-21(23)29(11-16(22(15)30)25(31)32)19-8-5-13(26)10-17(19)27;/h5-11,18H,2-4,28H2,1H3,(H,31,32);1H. The van der Waals surface area contributed by atoms with Gasteiger partial charge in [0.15, 0.2) is 5.75 Å². The summed E-state index contributed by atoms with van der Waals surface area (Å²) in [4.78, 5) is 26.7. The molecule has 3 N–H and O–H groups in total. The first-order chi connectivity index (χ1) is 16.3. The molecular formula is C25H21ClF2N2O4S. The molecule has 2 aromatic heterocycles. The van der Waals surface area contributed by atoms with Gasteiger partial charge in [0.25, 0.3) is 0 Å². The second kappa shape index (κ2) is 9.41. The zero-order valence-electron chi connectivity index (χ0n) is 18.5. The highest BCUT2D eigenvalue weighted by molar-refractivity contribution is 7.15. The molecule has 35 heavy (non-hydrogen) atoms. The zero-order valence-corrected chi connectivity index (χ0v) is 20.1. The van der Waals surface area contributed by atoms with E-state index in [9.17, 15) is 23.5 Å². The predicted octanol–water partition coefficient (Wildman–Crippen LogP) is 5.46. The zero-order chi connectivity index (χ0) is 24.1. The summed E-state index contributed by atoms with van der Waals surface area (Å²) in [6, 6.07) is 8.17. The van der Waals surface area contributed by atoms with Gasteiger partial charge in [0.1, 0.15) is 22.7 Å². The number of carboxylic acids is 1. The highest BCUT2D eigenvalue weighted by atomic mass is 35.5. The van der Waals surface area contributed by atoms with Crippen LogP contribution in [0.4, 0.5) is 8.78 Å². The first-order valence-corrected chi connectivity index (χ1v) is 11.5. The van der Waals surface area contributed by atoms with Crippen molar-refractivity contribution in [1.82, 2.24) is 4.57 Å². The number of benzene rings is 2. The van der Waals surface area contributed by atoms with Crippen molar-refractivity contribution in [3.63, 3.8) is 0 Å². The van der Waals surface area contributed by atoms with Crippen molar-refractivity contribution >= 4 is 40.6 Å². The molecule has 4 aromatic rings. The van der Waals surface area contributed by atoms with Crippen molar-refractivity contribution in [2.75, 3.05) is 7.11 Å². The Morgan fingerprint density at radius 1 is 1.23 bits per heavy atom. The number of rotatable bonds is 4. The largest absolute Gasteiger partial charge is 0.494 e. The van der Waals surface area contributed by atoms with Gasteiger partial charge < -0.3 is 20.1 Å². The fourth-order valence-electron chi connectivity index (χ4n) is 4.54. The predicted molar refractivity (Wildman–Crippen MR) is 133 cm³/mol. The number of ether oxygens (including phenoxy) is 1. The van der Waals surface area contributed by atoms with E-state index >= 15 is 0 Å². The minimum atomic E-state index is -1.45. The van der Waals surface area contributed by atoms with Crippen molar-refractivity contribution in [3.8, 4) is 21.9 Å². The Morgan fingerprint density at radius 2 is 2.00 bits per heavy atom. The van der Waals surface area contributed by atoms with Gasteiger partial charge in [-0.1, -0.05) is 0 Å². The van der Waals surface area contributed by atoms with Crippen LogP contribution >= 0.6 is 23.7 Å². The average Bonchev–Trinajstić information content (AvgIpc) is 3.24. The highest BCUT2D eigenvalue weighted by Crippen LogP contribution is 2.44. The molecule has 0 amide bonds. The van der Waals surface area contributed by atoms with Crippen molar-refractivity contribution in [3.05, 3.63) is 80.5 Å². The minimum absolute atomic E-state index is 0. The lowest BCUT2D eigenvalue weighted by molar-refractivity contribution is 0.0695. The Bertz CT molecular complexity index is 1530. The number of aryl methyl sites for hydroxylation is 1. The summed E-state index contributed by atoms with van der Waals surface area (Å²) in [5, 5.41) is 9.62. The highest BCUT2D eigenvalue weighted by Gasteiger charge is 2.25. The van der Waals surface area contributed by atoms with Crippen LogP contribution in [0.25, 0.3) is 27.0 Å². The monoisotopic (exact) mass is 518 g/mol. The number of aromatic carboxylic acids is 1. The molecule has 0 fully saturated rings. The van der Waals surface area contributed by atoms with Crippen LogP contribution in [0.3, 0.4) is 0 Å². The molecule has 0 radical (unpaired) electrons. The van der Waals surface area contributed by atoms with Crippen LogP contribution in [0.1, 0.15) is 39.7 Å². The molecule has 0 aliphatic heterocycles. The van der Waals surface area contributed by atoms with Gasteiger partial charge in [0.05, 0.1) is 18.2 Å². The van der Waals surface area contributed by atoms with Gasteiger partial charge in [0.2, 0.25) is 5.43 Å². The molecule has 1 aliphatic rings. The second-order valence-electron chi connectivity index (χ2n) is 8.18. The normalized spacial score (nSPS) is 14.9.